The fourth-order valence-corrected chi connectivity index (χ4v) is 4.08. The molecule has 0 N–H and O–H groups in total. The van der Waals surface area contributed by atoms with Crippen molar-refractivity contribution in [2.75, 3.05) is 6.54 Å². The molecular formula is C17H17N3OS. The Morgan fingerprint density at radius 2 is 2.27 bits per heavy atom. The van der Waals surface area contributed by atoms with Gasteiger partial charge in [-0.05, 0) is 55.0 Å². The Bertz CT molecular complexity index is 864. The van der Waals surface area contributed by atoms with Crippen molar-refractivity contribution < 1.29 is 4.79 Å². The summed E-state index contributed by atoms with van der Waals surface area (Å²) in [6, 6.07) is 6.27. The Hall–Kier alpha value is -2.14. The van der Waals surface area contributed by atoms with Crippen molar-refractivity contribution in [1.29, 1.82) is 0 Å². The monoisotopic (exact) mass is 311 g/mol. The number of nitrogens with zero attached hydrogens (tertiary/aromatic N) is 3. The zero-order valence-electron chi connectivity index (χ0n) is 12.6. The number of hydrogen-bond donors (Lipinski definition) is 0. The zero-order chi connectivity index (χ0) is 15.3. The second-order valence-corrected chi connectivity index (χ2v) is 6.82. The van der Waals surface area contributed by atoms with E-state index in [0.29, 0.717) is 5.69 Å². The van der Waals surface area contributed by atoms with Crippen molar-refractivity contribution in [3.8, 4) is 0 Å². The molecule has 4 rings (SSSR count). The van der Waals surface area contributed by atoms with Gasteiger partial charge in [0.25, 0.3) is 5.91 Å². The van der Waals surface area contributed by atoms with Crippen LogP contribution in [-0.4, -0.2) is 26.7 Å². The zero-order valence-corrected chi connectivity index (χ0v) is 13.4. The van der Waals surface area contributed by atoms with Crippen molar-refractivity contribution >= 4 is 22.9 Å². The van der Waals surface area contributed by atoms with E-state index in [9.17, 15) is 4.79 Å². The Morgan fingerprint density at radius 1 is 1.41 bits per heavy atom. The summed E-state index contributed by atoms with van der Waals surface area (Å²) in [6.45, 7) is 4.89. The van der Waals surface area contributed by atoms with Crippen molar-refractivity contribution in [2.45, 2.75) is 26.3 Å². The highest BCUT2D eigenvalue weighted by molar-refractivity contribution is 7.10. The van der Waals surface area contributed by atoms with Gasteiger partial charge >= 0.3 is 0 Å². The summed E-state index contributed by atoms with van der Waals surface area (Å²) >= 11 is 1.79. The molecule has 3 aromatic heterocycles. The predicted octanol–water partition coefficient (Wildman–Crippen LogP) is 3.46. The lowest BCUT2D eigenvalue weighted by molar-refractivity contribution is 0.0674. The SMILES string of the molecule is Cc1ccn2cc(C(=O)N3CCc4sccc4[C@H]3C)nc2c1. The van der Waals surface area contributed by atoms with Crippen LogP contribution in [0, 0.1) is 6.92 Å². The van der Waals surface area contributed by atoms with E-state index >= 15 is 0 Å². The molecule has 22 heavy (non-hydrogen) atoms. The molecule has 0 spiro atoms. The lowest BCUT2D eigenvalue weighted by Gasteiger charge is -2.33. The number of aromatic nitrogens is 2. The molecule has 0 aliphatic carbocycles. The summed E-state index contributed by atoms with van der Waals surface area (Å²) in [7, 11) is 0. The van der Waals surface area contributed by atoms with Crippen molar-refractivity contribution in [3.05, 3.63) is 57.7 Å². The van der Waals surface area contributed by atoms with Gasteiger partial charge in [0, 0.05) is 23.8 Å². The molecule has 1 amide bonds. The number of imidazole rings is 1. The molecule has 1 atom stereocenters. The van der Waals surface area contributed by atoms with E-state index in [1.807, 2.05) is 40.8 Å². The Labute approximate surface area is 133 Å². The van der Waals surface area contributed by atoms with E-state index in [4.69, 9.17) is 0 Å². The van der Waals surface area contributed by atoms with Crippen molar-refractivity contribution in [3.63, 3.8) is 0 Å². The number of fused-ring (bicyclic) bond motifs is 2. The van der Waals surface area contributed by atoms with Crippen LogP contribution in [0.2, 0.25) is 0 Å². The van der Waals surface area contributed by atoms with E-state index in [-0.39, 0.29) is 11.9 Å². The van der Waals surface area contributed by atoms with E-state index in [2.05, 4.69) is 23.4 Å². The molecule has 1 aliphatic heterocycles. The number of carbonyl (C=O) groups is 1. The maximum Gasteiger partial charge on any atom is 0.274 e. The molecule has 4 heterocycles. The van der Waals surface area contributed by atoms with Crippen LogP contribution >= 0.6 is 11.3 Å². The molecule has 4 nitrogen and oxygen atoms in total. The minimum Gasteiger partial charge on any atom is -0.330 e. The molecular weight excluding hydrogens is 294 g/mol. The van der Waals surface area contributed by atoms with Crippen LogP contribution in [0.1, 0.15) is 39.5 Å². The average molecular weight is 311 g/mol. The first-order chi connectivity index (χ1) is 10.6. The molecule has 0 saturated heterocycles. The van der Waals surface area contributed by atoms with E-state index in [1.165, 1.54) is 10.4 Å². The highest BCUT2D eigenvalue weighted by atomic mass is 32.1. The minimum atomic E-state index is 0.0192. The third-order valence-corrected chi connectivity index (χ3v) is 5.37. The van der Waals surface area contributed by atoms with Gasteiger partial charge in [0.2, 0.25) is 0 Å². The average Bonchev–Trinajstić information content (AvgIpc) is 3.12. The summed E-state index contributed by atoms with van der Waals surface area (Å²) in [5, 5.41) is 2.11. The third kappa shape index (κ3) is 2.04. The van der Waals surface area contributed by atoms with Gasteiger partial charge in [0.05, 0.1) is 6.04 Å². The molecule has 0 unspecified atom stereocenters. The number of amides is 1. The van der Waals surface area contributed by atoms with Crippen LogP contribution in [0.5, 0.6) is 0 Å². The van der Waals surface area contributed by atoms with Gasteiger partial charge in [-0.1, -0.05) is 0 Å². The van der Waals surface area contributed by atoms with E-state index in [0.717, 1.165) is 24.2 Å². The van der Waals surface area contributed by atoms with Crippen molar-refractivity contribution in [2.24, 2.45) is 0 Å². The quantitative estimate of drug-likeness (QED) is 0.690. The van der Waals surface area contributed by atoms with Crippen molar-refractivity contribution in [1.82, 2.24) is 14.3 Å². The van der Waals surface area contributed by atoms with Gasteiger partial charge in [-0.25, -0.2) is 4.98 Å². The van der Waals surface area contributed by atoms with Gasteiger partial charge in [0.1, 0.15) is 11.3 Å². The normalized spacial score (nSPS) is 17.7. The lowest BCUT2D eigenvalue weighted by Crippen LogP contribution is -2.38. The molecule has 0 saturated carbocycles. The molecule has 112 valence electrons. The highest BCUT2D eigenvalue weighted by Crippen LogP contribution is 2.33. The summed E-state index contributed by atoms with van der Waals surface area (Å²) in [5.41, 5.74) is 3.77. The largest absolute Gasteiger partial charge is 0.330 e. The fraction of sp³-hybridized carbons (Fsp3) is 0.294. The predicted molar refractivity (Wildman–Crippen MR) is 87.4 cm³/mol. The number of carbonyl (C=O) groups excluding carboxylic acids is 1. The molecule has 1 aliphatic rings. The standard InChI is InChI=1S/C17H17N3OS/c1-11-3-6-19-10-14(18-16(19)9-11)17(21)20-7-4-15-13(12(20)2)5-8-22-15/h3,5-6,8-10,12H,4,7H2,1-2H3/t12-/m1/s1. The number of thiophene rings is 1. The van der Waals surface area contributed by atoms with Gasteiger partial charge in [-0.2, -0.15) is 0 Å². The van der Waals surface area contributed by atoms with Crippen LogP contribution < -0.4 is 0 Å². The number of aryl methyl sites for hydroxylation is 1. The van der Waals surface area contributed by atoms with E-state index in [1.54, 1.807) is 11.3 Å². The maximum absolute atomic E-state index is 12.8. The Balaban J connectivity index is 1.68. The first-order valence-electron chi connectivity index (χ1n) is 7.46. The van der Waals surface area contributed by atoms with Crippen LogP contribution in [0.3, 0.4) is 0 Å². The highest BCUT2D eigenvalue weighted by Gasteiger charge is 2.30. The summed E-state index contributed by atoms with van der Waals surface area (Å²) < 4.78 is 1.91. The van der Waals surface area contributed by atoms with Gasteiger partial charge in [-0.15, -0.1) is 11.3 Å². The summed E-state index contributed by atoms with van der Waals surface area (Å²) in [4.78, 5) is 20.7. The van der Waals surface area contributed by atoms with Gasteiger partial charge in [-0.3, -0.25) is 4.79 Å². The summed E-state index contributed by atoms with van der Waals surface area (Å²) in [5.74, 6) is 0.0192. The molecule has 0 fully saturated rings. The number of hydrogen-bond acceptors (Lipinski definition) is 3. The molecule has 0 radical (unpaired) electrons. The second kappa shape index (κ2) is 4.95. The fourth-order valence-electron chi connectivity index (χ4n) is 3.12. The summed E-state index contributed by atoms with van der Waals surface area (Å²) in [6.07, 6.45) is 4.72. The third-order valence-electron chi connectivity index (χ3n) is 4.37. The molecule has 3 aromatic rings. The Kier molecular flexibility index (Phi) is 3.04. The van der Waals surface area contributed by atoms with E-state index < -0.39 is 0 Å². The number of pyridine rings is 1. The minimum absolute atomic E-state index is 0.0192. The topological polar surface area (TPSA) is 37.6 Å². The van der Waals surface area contributed by atoms with Crippen LogP contribution in [0.25, 0.3) is 5.65 Å². The van der Waals surface area contributed by atoms with Crippen LogP contribution in [0.4, 0.5) is 0 Å². The van der Waals surface area contributed by atoms with Crippen LogP contribution in [-0.2, 0) is 6.42 Å². The second-order valence-electron chi connectivity index (χ2n) is 5.82. The molecule has 0 aromatic carbocycles. The van der Waals surface area contributed by atoms with Gasteiger partial charge < -0.3 is 9.30 Å². The first-order valence-corrected chi connectivity index (χ1v) is 8.34. The van der Waals surface area contributed by atoms with Gasteiger partial charge in [0.15, 0.2) is 0 Å². The Morgan fingerprint density at radius 3 is 3.14 bits per heavy atom. The smallest absolute Gasteiger partial charge is 0.274 e. The maximum atomic E-state index is 12.8. The lowest BCUT2D eigenvalue weighted by atomic mass is 10.0. The first kappa shape index (κ1) is 13.5. The molecule has 5 heteroatoms. The molecule has 0 bridgehead atoms. The number of rotatable bonds is 1. The van der Waals surface area contributed by atoms with Crippen LogP contribution in [0.15, 0.2) is 36.0 Å².